The molecule has 1 aliphatic rings. The summed E-state index contributed by atoms with van der Waals surface area (Å²) < 4.78 is 0. The monoisotopic (exact) mass is 212 g/mol. The van der Waals surface area contributed by atoms with Crippen LogP contribution in [0.1, 0.15) is 46.5 Å². The summed E-state index contributed by atoms with van der Waals surface area (Å²) in [5.74, 6) is 0.870. The molecule has 0 spiro atoms. The summed E-state index contributed by atoms with van der Waals surface area (Å²) >= 11 is 0. The first-order valence-corrected chi connectivity index (χ1v) is 6.68. The van der Waals surface area contributed by atoms with Gasteiger partial charge in [0.2, 0.25) is 0 Å². The summed E-state index contributed by atoms with van der Waals surface area (Å²) in [6, 6.07) is 0.790. The Morgan fingerprint density at radius 3 is 2.80 bits per heavy atom. The van der Waals surface area contributed by atoms with Crippen LogP contribution in [0.4, 0.5) is 0 Å². The van der Waals surface area contributed by atoms with Gasteiger partial charge in [-0.25, -0.2) is 0 Å². The second-order valence-corrected chi connectivity index (χ2v) is 5.19. The standard InChI is InChI=1S/C13H28N2/c1-4-13-11-14-8-10-15(13)9-6-5-7-12(2)3/h12-14H,4-11H2,1-3H3. The van der Waals surface area contributed by atoms with Crippen LogP contribution in [-0.2, 0) is 0 Å². The average Bonchev–Trinajstić information content (AvgIpc) is 2.24. The van der Waals surface area contributed by atoms with E-state index in [9.17, 15) is 0 Å². The zero-order valence-electron chi connectivity index (χ0n) is 10.8. The molecular formula is C13H28N2. The van der Waals surface area contributed by atoms with E-state index in [0.29, 0.717) is 0 Å². The molecule has 0 radical (unpaired) electrons. The van der Waals surface area contributed by atoms with Gasteiger partial charge in [-0.3, -0.25) is 4.90 Å². The van der Waals surface area contributed by atoms with Crippen LogP contribution in [0, 0.1) is 5.92 Å². The van der Waals surface area contributed by atoms with Gasteiger partial charge in [0.15, 0.2) is 0 Å². The van der Waals surface area contributed by atoms with E-state index in [4.69, 9.17) is 0 Å². The van der Waals surface area contributed by atoms with Crippen LogP contribution in [0.2, 0.25) is 0 Å². The molecule has 1 saturated heterocycles. The van der Waals surface area contributed by atoms with Crippen molar-refractivity contribution in [2.75, 3.05) is 26.2 Å². The molecule has 1 fully saturated rings. The summed E-state index contributed by atoms with van der Waals surface area (Å²) in [4.78, 5) is 2.68. The van der Waals surface area contributed by atoms with Gasteiger partial charge < -0.3 is 5.32 Å². The zero-order chi connectivity index (χ0) is 11.1. The lowest BCUT2D eigenvalue weighted by atomic mass is 10.1. The summed E-state index contributed by atoms with van der Waals surface area (Å²) in [6.45, 7) is 11.9. The number of hydrogen-bond acceptors (Lipinski definition) is 2. The maximum atomic E-state index is 3.48. The molecule has 0 aromatic heterocycles. The molecule has 1 atom stereocenters. The Balaban J connectivity index is 2.12. The van der Waals surface area contributed by atoms with E-state index < -0.39 is 0 Å². The van der Waals surface area contributed by atoms with Crippen LogP contribution in [0.15, 0.2) is 0 Å². The second kappa shape index (κ2) is 7.24. The fourth-order valence-electron chi connectivity index (χ4n) is 2.37. The molecule has 1 unspecified atom stereocenters. The molecule has 0 aromatic carbocycles. The Labute approximate surface area is 95.4 Å². The van der Waals surface area contributed by atoms with E-state index in [1.54, 1.807) is 0 Å². The van der Waals surface area contributed by atoms with Crippen LogP contribution in [-0.4, -0.2) is 37.1 Å². The molecule has 1 N–H and O–H groups in total. The number of hydrogen-bond donors (Lipinski definition) is 1. The Bertz CT molecular complexity index is 157. The summed E-state index contributed by atoms with van der Waals surface area (Å²) in [5, 5.41) is 3.48. The van der Waals surface area contributed by atoms with Crippen LogP contribution in [0.3, 0.4) is 0 Å². The van der Waals surface area contributed by atoms with Crippen molar-refractivity contribution in [1.82, 2.24) is 10.2 Å². The smallest absolute Gasteiger partial charge is 0.0218 e. The van der Waals surface area contributed by atoms with Crippen molar-refractivity contribution in [3.63, 3.8) is 0 Å². The molecule has 90 valence electrons. The van der Waals surface area contributed by atoms with Gasteiger partial charge in [-0.2, -0.15) is 0 Å². The number of nitrogens with one attached hydrogen (secondary N) is 1. The normalized spacial score (nSPS) is 23.6. The van der Waals surface area contributed by atoms with Gasteiger partial charge in [0.25, 0.3) is 0 Å². The van der Waals surface area contributed by atoms with Crippen molar-refractivity contribution in [1.29, 1.82) is 0 Å². The van der Waals surface area contributed by atoms with Crippen molar-refractivity contribution in [3.05, 3.63) is 0 Å². The van der Waals surface area contributed by atoms with Crippen LogP contribution >= 0.6 is 0 Å². The molecule has 0 saturated carbocycles. The Kier molecular flexibility index (Phi) is 6.26. The summed E-state index contributed by atoms with van der Waals surface area (Å²) in [7, 11) is 0. The Morgan fingerprint density at radius 1 is 1.33 bits per heavy atom. The number of unbranched alkanes of at least 4 members (excludes halogenated alkanes) is 1. The topological polar surface area (TPSA) is 15.3 Å². The van der Waals surface area contributed by atoms with E-state index in [0.717, 1.165) is 12.0 Å². The molecule has 0 bridgehead atoms. The first-order valence-electron chi connectivity index (χ1n) is 6.68. The van der Waals surface area contributed by atoms with Crippen molar-refractivity contribution < 1.29 is 0 Å². The molecule has 2 heteroatoms. The maximum absolute atomic E-state index is 3.48. The number of piperazine rings is 1. The third-order valence-corrected chi connectivity index (χ3v) is 3.42. The van der Waals surface area contributed by atoms with Gasteiger partial charge in [0.05, 0.1) is 0 Å². The maximum Gasteiger partial charge on any atom is 0.0218 e. The summed E-state index contributed by atoms with van der Waals surface area (Å²) in [5.41, 5.74) is 0. The van der Waals surface area contributed by atoms with Gasteiger partial charge in [-0.15, -0.1) is 0 Å². The fourth-order valence-corrected chi connectivity index (χ4v) is 2.37. The average molecular weight is 212 g/mol. The molecule has 2 nitrogen and oxygen atoms in total. The van der Waals surface area contributed by atoms with Gasteiger partial charge >= 0.3 is 0 Å². The number of nitrogens with zero attached hydrogens (tertiary/aromatic N) is 1. The highest BCUT2D eigenvalue weighted by atomic mass is 15.2. The highest BCUT2D eigenvalue weighted by Gasteiger charge is 2.19. The molecular weight excluding hydrogens is 184 g/mol. The van der Waals surface area contributed by atoms with Crippen molar-refractivity contribution in [2.24, 2.45) is 5.92 Å². The van der Waals surface area contributed by atoms with E-state index in [1.165, 1.54) is 51.9 Å². The SMILES string of the molecule is CCC1CNCCN1CCCCC(C)C. The van der Waals surface area contributed by atoms with E-state index in [-0.39, 0.29) is 0 Å². The quantitative estimate of drug-likeness (QED) is 0.681. The third kappa shape index (κ3) is 4.98. The van der Waals surface area contributed by atoms with Crippen molar-refractivity contribution in [2.45, 2.75) is 52.5 Å². The Morgan fingerprint density at radius 2 is 2.13 bits per heavy atom. The van der Waals surface area contributed by atoms with E-state index in [2.05, 4.69) is 31.0 Å². The van der Waals surface area contributed by atoms with Gasteiger partial charge in [0, 0.05) is 25.7 Å². The minimum absolute atomic E-state index is 0.790. The highest BCUT2D eigenvalue weighted by molar-refractivity contribution is 4.78. The molecule has 0 aliphatic carbocycles. The lowest BCUT2D eigenvalue weighted by Gasteiger charge is -2.35. The zero-order valence-corrected chi connectivity index (χ0v) is 10.8. The Hall–Kier alpha value is -0.0800. The van der Waals surface area contributed by atoms with E-state index >= 15 is 0 Å². The first kappa shape index (κ1) is 13.0. The molecule has 0 amide bonds. The molecule has 0 aromatic rings. The molecule has 1 heterocycles. The predicted molar refractivity (Wildman–Crippen MR) is 67.2 cm³/mol. The lowest BCUT2D eigenvalue weighted by molar-refractivity contribution is 0.153. The van der Waals surface area contributed by atoms with Gasteiger partial charge in [-0.05, 0) is 25.3 Å². The first-order chi connectivity index (χ1) is 7.24. The van der Waals surface area contributed by atoms with Crippen molar-refractivity contribution in [3.8, 4) is 0 Å². The lowest BCUT2D eigenvalue weighted by Crippen LogP contribution is -2.51. The largest absolute Gasteiger partial charge is 0.314 e. The molecule has 15 heavy (non-hydrogen) atoms. The third-order valence-electron chi connectivity index (χ3n) is 3.42. The van der Waals surface area contributed by atoms with Crippen LogP contribution < -0.4 is 5.32 Å². The second-order valence-electron chi connectivity index (χ2n) is 5.19. The minimum atomic E-state index is 0.790. The van der Waals surface area contributed by atoms with Gasteiger partial charge in [-0.1, -0.05) is 33.6 Å². The highest BCUT2D eigenvalue weighted by Crippen LogP contribution is 2.11. The fraction of sp³-hybridized carbons (Fsp3) is 1.00. The minimum Gasteiger partial charge on any atom is -0.314 e. The van der Waals surface area contributed by atoms with Gasteiger partial charge in [0.1, 0.15) is 0 Å². The molecule has 1 aliphatic heterocycles. The van der Waals surface area contributed by atoms with Crippen molar-refractivity contribution >= 4 is 0 Å². The van der Waals surface area contributed by atoms with Crippen LogP contribution in [0.5, 0.6) is 0 Å². The summed E-state index contributed by atoms with van der Waals surface area (Å²) in [6.07, 6.45) is 5.47. The predicted octanol–water partition coefficient (Wildman–Crippen LogP) is 2.50. The van der Waals surface area contributed by atoms with E-state index in [1.807, 2.05) is 0 Å². The van der Waals surface area contributed by atoms with Crippen LogP contribution in [0.25, 0.3) is 0 Å². The number of rotatable bonds is 6. The molecule has 1 rings (SSSR count).